The lowest BCUT2D eigenvalue weighted by Gasteiger charge is -2.33. The van der Waals surface area contributed by atoms with Crippen LogP contribution in [-0.4, -0.2) is 46.5 Å². The van der Waals surface area contributed by atoms with Crippen LogP contribution in [0.3, 0.4) is 0 Å². The van der Waals surface area contributed by atoms with E-state index in [1.165, 1.54) is 0 Å². The Kier molecular flexibility index (Phi) is 4.35. The number of rotatable bonds is 5. The van der Waals surface area contributed by atoms with Crippen LogP contribution in [0.15, 0.2) is 0 Å². The molecule has 0 radical (unpaired) electrons. The highest BCUT2D eigenvalue weighted by molar-refractivity contribution is 4.88. The minimum absolute atomic E-state index is 0.175. The van der Waals surface area contributed by atoms with E-state index in [9.17, 15) is 5.11 Å². The standard InChI is InChI=1S/C11H23NO2/c1-10(2)12(7-8-13)9-11(14)5-3-4-6-11/h10,13-14H,3-9H2,1-2H3. The third-order valence-electron chi connectivity index (χ3n) is 3.15. The summed E-state index contributed by atoms with van der Waals surface area (Å²) in [6.07, 6.45) is 4.12. The van der Waals surface area contributed by atoms with Crippen LogP contribution >= 0.6 is 0 Å². The average Bonchev–Trinajstić information content (AvgIpc) is 2.51. The molecule has 0 atom stereocenters. The molecule has 1 aliphatic rings. The second-order valence-corrected chi connectivity index (χ2v) is 4.72. The second-order valence-electron chi connectivity index (χ2n) is 4.72. The Morgan fingerprint density at radius 2 is 1.86 bits per heavy atom. The Balaban J connectivity index is 2.45. The zero-order chi connectivity index (χ0) is 10.6. The van der Waals surface area contributed by atoms with Gasteiger partial charge in [-0.25, -0.2) is 0 Å². The molecule has 0 aromatic carbocycles. The quantitative estimate of drug-likeness (QED) is 0.697. The monoisotopic (exact) mass is 201 g/mol. The van der Waals surface area contributed by atoms with E-state index >= 15 is 0 Å². The van der Waals surface area contributed by atoms with Gasteiger partial charge in [-0.2, -0.15) is 0 Å². The van der Waals surface area contributed by atoms with E-state index in [1.807, 2.05) is 0 Å². The molecular formula is C11H23NO2. The summed E-state index contributed by atoms with van der Waals surface area (Å²) >= 11 is 0. The fraction of sp³-hybridized carbons (Fsp3) is 1.00. The van der Waals surface area contributed by atoms with E-state index in [2.05, 4.69) is 18.7 Å². The summed E-state index contributed by atoms with van der Waals surface area (Å²) in [6.45, 7) is 5.77. The van der Waals surface area contributed by atoms with Gasteiger partial charge in [0.15, 0.2) is 0 Å². The van der Waals surface area contributed by atoms with Crippen LogP contribution in [0, 0.1) is 0 Å². The van der Waals surface area contributed by atoms with Gasteiger partial charge in [-0.3, -0.25) is 4.90 Å². The Morgan fingerprint density at radius 3 is 2.29 bits per heavy atom. The fourth-order valence-electron chi connectivity index (χ4n) is 2.22. The first kappa shape index (κ1) is 12.0. The van der Waals surface area contributed by atoms with E-state index in [-0.39, 0.29) is 6.61 Å². The number of hydrogen-bond donors (Lipinski definition) is 2. The van der Waals surface area contributed by atoms with E-state index in [4.69, 9.17) is 5.11 Å². The van der Waals surface area contributed by atoms with Crippen LogP contribution in [0.25, 0.3) is 0 Å². The third kappa shape index (κ3) is 3.23. The molecule has 0 amide bonds. The van der Waals surface area contributed by atoms with Crippen molar-refractivity contribution >= 4 is 0 Å². The maximum Gasteiger partial charge on any atom is 0.0774 e. The van der Waals surface area contributed by atoms with Crippen molar-refractivity contribution < 1.29 is 10.2 Å². The van der Waals surface area contributed by atoms with Crippen molar-refractivity contribution in [3.63, 3.8) is 0 Å². The molecule has 0 unspecified atom stereocenters. The maximum atomic E-state index is 10.2. The van der Waals surface area contributed by atoms with Gasteiger partial charge in [0.1, 0.15) is 0 Å². The molecule has 1 rings (SSSR count). The van der Waals surface area contributed by atoms with Gasteiger partial charge in [0.05, 0.1) is 12.2 Å². The summed E-state index contributed by atoms with van der Waals surface area (Å²) < 4.78 is 0. The molecule has 0 heterocycles. The van der Waals surface area contributed by atoms with Gasteiger partial charge in [0, 0.05) is 19.1 Å². The highest BCUT2D eigenvalue weighted by atomic mass is 16.3. The van der Waals surface area contributed by atoms with Gasteiger partial charge in [-0.05, 0) is 26.7 Å². The molecule has 84 valence electrons. The third-order valence-corrected chi connectivity index (χ3v) is 3.15. The number of nitrogens with zero attached hydrogens (tertiary/aromatic N) is 1. The molecule has 1 fully saturated rings. The summed E-state index contributed by atoms with van der Waals surface area (Å²) in [4.78, 5) is 2.16. The minimum atomic E-state index is -0.487. The molecule has 0 aromatic heterocycles. The Hall–Kier alpha value is -0.120. The highest BCUT2D eigenvalue weighted by Gasteiger charge is 2.33. The van der Waals surface area contributed by atoms with Crippen molar-refractivity contribution in [1.29, 1.82) is 0 Å². The fourth-order valence-corrected chi connectivity index (χ4v) is 2.22. The van der Waals surface area contributed by atoms with Crippen molar-refractivity contribution in [3.8, 4) is 0 Å². The molecule has 0 saturated heterocycles. The molecule has 0 aromatic rings. The number of aliphatic hydroxyl groups is 2. The van der Waals surface area contributed by atoms with Gasteiger partial charge >= 0.3 is 0 Å². The zero-order valence-corrected chi connectivity index (χ0v) is 9.37. The summed E-state index contributed by atoms with van der Waals surface area (Å²) in [5.41, 5.74) is -0.487. The van der Waals surface area contributed by atoms with Crippen molar-refractivity contribution in [3.05, 3.63) is 0 Å². The highest BCUT2D eigenvalue weighted by Crippen LogP contribution is 2.30. The smallest absolute Gasteiger partial charge is 0.0774 e. The van der Waals surface area contributed by atoms with Crippen LogP contribution < -0.4 is 0 Å². The summed E-state index contributed by atoms with van der Waals surface area (Å²) in [6, 6.07) is 0.395. The molecule has 1 aliphatic carbocycles. The molecule has 3 nitrogen and oxygen atoms in total. The molecule has 14 heavy (non-hydrogen) atoms. The predicted molar refractivity (Wildman–Crippen MR) is 57.2 cm³/mol. The van der Waals surface area contributed by atoms with Crippen LogP contribution in [0.5, 0.6) is 0 Å². The second kappa shape index (κ2) is 5.10. The predicted octanol–water partition coefficient (Wildman–Crippen LogP) is 0.994. The largest absolute Gasteiger partial charge is 0.395 e. The lowest BCUT2D eigenvalue weighted by molar-refractivity contribution is -0.00370. The maximum absolute atomic E-state index is 10.2. The van der Waals surface area contributed by atoms with E-state index in [0.717, 1.165) is 25.7 Å². The van der Waals surface area contributed by atoms with Crippen molar-refractivity contribution in [2.45, 2.75) is 51.2 Å². The summed E-state index contributed by atoms with van der Waals surface area (Å²) in [7, 11) is 0. The lowest BCUT2D eigenvalue weighted by atomic mass is 10.0. The first-order valence-corrected chi connectivity index (χ1v) is 5.65. The van der Waals surface area contributed by atoms with Crippen LogP contribution in [0.1, 0.15) is 39.5 Å². The SMILES string of the molecule is CC(C)N(CCO)CC1(O)CCCC1. The molecule has 1 saturated carbocycles. The zero-order valence-electron chi connectivity index (χ0n) is 9.37. The van der Waals surface area contributed by atoms with Gasteiger partial charge in [0.25, 0.3) is 0 Å². The van der Waals surface area contributed by atoms with Crippen LogP contribution in [0.2, 0.25) is 0 Å². The normalized spacial score (nSPS) is 21.0. The topological polar surface area (TPSA) is 43.7 Å². The van der Waals surface area contributed by atoms with Gasteiger partial charge < -0.3 is 10.2 Å². The van der Waals surface area contributed by atoms with E-state index < -0.39 is 5.60 Å². The summed E-state index contributed by atoms with van der Waals surface area (Å²) in [5, 5.41) is 19.1. The lowest BCUT2D eigenvalue weighted by Crippen LogP contribution is -2.45. The molecule has 0 bridgehead atoms. The minimum Gasteiger partial charge on any atom is -0.395 e. The number of hydrogen-bond acceptors (Lipinski definition) is 3. The molecule has 2 N–H and O–H groups in total. The van der Waals surface area contributed by atoms with E-state index in [1.54, 1.807) is 0 Å². The average molecular weight is 201 g/mol. The Morgan fingerprint density at radius 1 is 1.29 bits per heavy atom. The Labute approximate surface area is 86.7 Å². The van der Waals surface area contributed by atoms with Crippen LogP contribution in [-0.2, 0) is 0 Å². The van der Waals surface area contributed by atoms with Gasteiger partial charge in [0.2, 0.25) is 0 Å². The first-order chi connectivity index (χ1) is 6.57. The molecular weight excluding hydrogens is 178 g/mol. The van der Waals surface area contributed by atoms with Gasteiger partial charge in [-0.1, -0.05) is 12.8 Å². The molecule has 3 heteroatoms. The molecule has 0 aliphatic heterocycles. The van der Waals surface area contributed by atoms with Crippen molar-refractivity contribution in [2.24, 2.45) is 0 Å². The van der Waals surface area contributed by atoms with Gasteiger partial charge in [-0.15, -0.1) is 0 Å². The number of aliphatic hydroxyl groups excluding tert-OH is 1. The van der Waals surface area contributed by atoms with Crippen molar-refractivity contribution in [1.82, 2.24) is 4.90 Å². The van der Waals surface area contributed by atoms with Crippen LogP contribution in [0.4, 0.5) is 0 Å². The first-order valence-electron chi connectivity index (χ1n) is 5.65. The molecule has 0 spiro atoms. The van der Waals surface area contributed by atoms with Crippen molar-refractivity contribution in [2.75, 3.05) is 19.7 Å². The van der Waals surface area contributed by atoms with E-state index in [0.29, 0.717) is 19.1 Å². The Bertz CT molecular complexity index is 165. The summed E-state index contributed by atoms with van der Waals surface area (Å²) in [5.74, 6) is 0.